The first-order valence-corrected chi connectivity index (χ1v) is 30.2. The van der Waals surface area contributed by atoms with E-state index < -0.39 is 19.5 Å². The number of nitrogen functional groups attached to an aromatic ring is 2. The molecule has 0 saturated heterocycles. The third-order valence-corrected chi connectivity index (χ3v) is 13.6. The number of aliphatic imine (C=N–C) groups is 2. The molecule has 1 aliphatic carbocycles. The molecule has 0 radical (unpaired) electrons. The second kappa shape index (κ2) is 23.6. The number of nitrogens with two attached hydrogens (primary N) is 2. The van der Waals surface area contributed by atoms with Crippen LogP contribution in [0.5, 0.6) is 11.5 Å². The van der Waals surface area contributed by atoms with Crippen molar-refractivity contribution in [3.63, 3.8) is 0 Å². The molecule has 0 fully saturated rings. The summed E-state index contributed by atoms with van der Waals surface area (Å²) in [6, 6.07) is 49.7. The van der Waals surface area contributed by atoms with Crippen molar-refractivity contribution in [3.05, 3.63) is 230 Å². The van der Waals surface area contributed by atoms with E-state index in [1.165, 1.54) is 51.1 Å². The number of anilines is 2. The minimum atomic E-state index is -11.2. The minimum absolute atomic E-state index is 0. The van der Waals surface area contributed by atoms with E-state index >= 15 is 0 Å². The number of hydrogen-bond acceptors (Lipinski definition) is 7. The Bertz CT molecular complexity index is 3330. The summed E-state index contributed by atoms with van der Waals surface area (Å²) in [4.78, 5) is 11.3. The van der Waals surface area contributed by atoms with Gasteiger partial charge in [-0.1, -0.05) is 109 Å². The van der Waals surface area contributed by atoms with Crippen LogP contribution in [0.4, 0.5) is 39.6 Å². The van der Waals surface area contributed by atoms with Crippen LogP contribution in [0.3, 0.4) is 0 Å². The van der Waals surface area contributed by atoms with E-state index in [2.05, 4.69) is 165 Å². The molecule has 78 heavy (non-hydrogen) atoms. The largest absolute Gasteiger partial charge is 2.00 e. The molecule has 410 valence electrons. The molecule has 0 aromatic heterocycles. The van der Waals surface area contributed by atoms with E-state index in [-0.39, 0.29) is 39.7 Å². The fourth-order valence-corrected chi connectivity index (χ4v) is 10.2. The van der Waals surface area contributed by atoms with Crippen molar-refractivity contribution in [3.8, 4) is 17.6 Å². The molecule has 0 spiro atoms. The molecule has 8 aromatic carbocycles. The fraction of sp³-hybridized carbons (Fsp3) is 0.206. The third-order valence-electron chi connectivity index (χ3n) is 13.6. The Morgan fingerprint density at radius 2 is 0.718 bits per heavy atom. The fourth-order valence-electron chi connectivity index (χ4n) is 10.2. The van der Waals surface area contributed by atoms with Crippen LogP contribution in [-0.2, 0) is 20.4 Å². The molecule has 0 aliphatic heterocycles. The summed E-state index contributed by atoms with van der Waals surface area (Å²) in [6.07, 6.45) is 0. The first-order chi connectivity index (χ1) is 35.6. The summed E-state index contributed by atoms with van der Waals surface area (Å²) in [6.45, 7) is 18.5. The number of methoxy groups -OCH3 is 2. The van der Waals surface area contributed by atoms with Crippen molar-refractivity contribution in [1.82, 2.24) is 0 Å². The van der Waals surface area contributed by atoms with Gasteiger partial charge in [0.05, 0.1) is 43.1 Å². The number of hydrogen-bond donors (Lipinski definition) is 2. The topological polar surface area (TPSA) is 119 Å². The van der Waals surface area contributed by atoms with Gasteiger partial charge in [0.1, 0.15) is 11.5 Å². The van der Waals surface area contributed by atoms with Crippen LogP contribution in [0.15, 0.2) is 143 Å². The molecule has 0 heterocycles. The average Bonchev–Trinajstić information content (AvgIpc) is 3.64. The van der Waals surface area contributed by atoms with E-state index in [0.29, 0.717) is 0 Å². The van der Waals surface area contributed by atoms with Gasteiger partial charge in [-0.2, -0.15) is 5.26 Å². The minimum Gasteiger partial charge on any atom is 2.00 e. The van der Waals surface area contributed by atoms with Gasteiger partial charge in [0.15, 0.2) is 0 Å². The maximum absolute atomic E-state index is 11.2. The Kier molecular flexibility index (Phi) is 18.7. The number of nitriles is 1. The van der Waals surface area contributed by atoms with Gasteiger partial charge in [-0.05, 0) is 163 Å². The first kappa shape index (κ1) is 62.0. The molecule has 15 heteroatoms. The Balaban J connectivity index is 0.000000858. The van der Waals surface area contributed by atoms with Gasteiger partial charge >= 0.3 is 56.8 Å². The van der Waals surface area contributed by atoms with E-state index in [0.717, 1.165) is 101 Å². The summed E-state index contributed by atoms with van der Waals surface area (Å²) in [5, 5.41) is 9.67. The quantitative estimate of drug-likeness (QED) is 0.0465. The standard InChI is InChI=1S/C60H58N4O2.C2H3N.CH3.6FH.Pd.Sb/c1-33-25-44(26-34(2)55(33)61)52(42-17-21-48(65-9)22-18-42)46-29-37(5)57(38(6)30-46)63-59-50-15-11-13-41-14-12-16-51(54(41)50)60(59)64-58-39(7)31-47(32-40(58)8)53(43-19-23-49(66-10)24-20-43)45-27-35(3)56(62)36(4)28-45;1-2-3;;;;;;;;;/h11-32,52-53H,61-62H2,1-10H3;1H3;1H3;6*1H;;/q;;-1;;;;;;;+2;+5/p-6. The maximum atomic E-state index is 9.93. The van der Waals surface area contributed by atoms with Crippen LogP contribution < -0.4 is 20.9 Å². The zero-order valence-electron chi connectivity index (χ0n) is 45.7. The Labute approximate surface area is 470 Å². The van der Waals surface area contributed by atoms with Crippen molar-refractivity contribution >= 4 is 64.4 Å². The first-order valence-electron chi connectivity index (χ1n) is 24.4. The van der Waals surface area contributed by atoms with E-state index in [9.17, 15) is 16.9 Å². The average molecular weight is 1270 g/mol. The summed E-state index contributed by atoms with van der Waals surface area (Å²) in [7, 11) is 3.41. The number of aryl methyl sites for hydroxylation is 8. The molecular formula is C63H64F6N5O2PdSb. The van der Waals surface area contributed by atoms with Crippen molar-refractivity contribution in [1.29, 1.82) is 5.26 Å². The molecule has 0 saturated carbocycles. The molecule has 8 aromatic rings. The van der Waals surface area contributed by atoms with Gasteiger partial charge in [0.25, 0.3) is 0 Å². The molecule has 9 rings (SSSR count). The van der Waals surface area contributed by atoms with Crippen molar-refractivity contribution in [2.45, 2.75) is 74.1 Å². The molecule has 4 N–H and O–H groups in total. The number of halogens is 6. The molecule has 1 aliphatic rings. The van der Waals surface area contributed by atoms with Gasteiger partial charge in [-0.25, -0.2) is 9.98 Å². The second-order valence-corrected chi connectivity index (χ2v) is 24.8. The molecular weight excluding hydrogens is 1200 g/mol. The Morgan fingerprint density at radius 1 is 0.462 bits per heavy atom. The van der Waals surface area contributed by atoms with E-state index in [1.54, 1.807) is 20.3 Å². The SMILES string of the molecule is CC#N.COc1ccc(C(c2cc(C)c(N)c(C)c2)c2cc(C)c(N=C3C(=Nc4c(C)cc(C(c5ccc(OC)cc5)c5cc(C)c(N)c(C)c5)cc4C)c4cccc5cccc3c45)c(C)c2)cc1.[CH3-].[F][Sb-]([F])([F])([F])([F])[F].[Pd+2]. The molecule has 7 nitrogen and oxygen atoms in total. The predicted octanol–water partition coefficient (Wildman–Crippen LogP) is 17.2. The summed E-state index contributed by atoms with van der Waals surface area (Å²) >= 11 is -11.2. The van der Waals surface area contributed by atoms with Crippen LogP contribution in [-0.4, -0.2) is 45.1 Å². The van der Waals surface area contributed by atoms with E-state index in [4.69, 9.17) is 36.2 Å². The van der Waals surface area contributed by atoms with Gasteiger partial charge in [0.2, 0.25) is 0 Å². The maximum Gasteiger partial charge on any atom is 2.00 e. The second-order valence-electron chi connectivity index (χ2n) is 19.4. The summed E-state index contributed by atoms with van der Waals surface area (Å²) in [5.74, 6) is 1.60. The summed E-state index contributed by atoms with van der Waals surface area (Å²) < 4.78 is 70.7. The van der Waals surface area contributed by atoms with Gasteiger partial charge < -0.3 is 28.4 Å². The normalized spacial score (nSPS) is 14.3. The Hall–Kier alpha value is -6.89. The van der Waals surface area contributed by atoms with Crippen molar-refractivity contribution in [2.24, 2.45) is 9.98 Å². The molecule has 2 unspecified atom stereocenters. The number of ether oxygens (including phenoxy) is 2. The van der Waals surface area contributed by atoms with Crippen LogP contribution in [0.1, 0.15) is 108 Å². The zero-order valence-corrected chi connectivity index (χ0v) is 49.8. The predicted molar refractivity (Wildman–Crippen MR) is 307 cm³/mol. The van der Waals surface area contributed by atoms with Crippen LogP contribution >= 0.6 is 0 Å². The van der Waals surface area contributed by atoms with Gasteiger partial charge in [-0.3, -0.25) is 0 Å². The Morgan fingerprint density at radius 3 is 0.974 bits per heavy atom. The van der Waals surface area contributed by atoms with E-state index in [1.807, 2.05) is 24.3 Å². The van der Waals surface area contributed by atoms with Crippen LogP contribution in [0.2, 0.25) is 0 Å². The van der Waals surface area contributed by atoms with Crippen LogP contribution in [0.25, 0.3) is 10.8 Å². The van der Waals surface area contributed by atoms with Crippen molar-refractivity contribution < 1.29 is 46.8 Å². The van der Waals surface area contributed by atoms with Crippen molar-refractivity contribution in [2.75, 3.05) is 25.7 Å². The monoisotopic (exact) mass is 1260 g/mol. The number of benzene rings is 8. The number of nitrogens with zero attached hydrogens (tertiary/aromatic N) is 3. The number of rotatable bonds is 10. The van der Waals surface area contributed by atoms with Crippen LogP contribution in [0, 0.1) is 74.1 Å². The molecule has 0 amide bonds. The zero-order chi connectivity index (χ0) is 55.7. The third kappa shape index (κ3) is 14.4. The van der Waals surface area contributed by atoms with Gasteiger partial charge in [-0.15, -0.1) is 0 Å². The summed E-state index contributed by atoms with van der Waals surface area (Å²) in [5.41, 5.74) is 36.3. The smallest absolute Gasteiger partial charge is 2.00 e. The molecule has 2 atom stereocenters. The van der Waals surface area contributed by atoms with Gasteiger partial charge in [0, 0.05) is 46.6 Å². The molecule has 0 bridgehead atoms.